The second-order valence-electron chi connectivity index (χ2n) is 6.79. The third kappa shape index (κ3) is 4.37. The Labute approximate surface area is 157 Å². The SMILES string of the molecule is Cc1nnnn1-c1cc(NC(=O)CC2(CN)CCCCC2)ccc1F.Cl. The fourth-order valence-electron chi connectivity index (χ4n) is 3.51. The lowest BCUT2D eigenvalue weighted by Gasteiger charge is -2.35. The van der Waals surface area contributed by atoms with Crippen LogP contribution in [-0.2, 0) is 4.79 Å². The van der Waals surface area contributed by atoms with Crippen molar-refractivity contribution < 1.29 is 9.18 Å². The maximum atomic E-state index is 14.1. The molecule has 1 amide bonds. The lowest BCUT2D eigenvalue weighted by Crippen LogP contribution is -2.36. The molecule has 3 rings (SSSR count). The number of aryl methyl sites for hydroxylation is 1. The Morgan fingerprint density at radius 2 is 2.08 bits per heavy atom. The van der Waals surface area contributed by atoms with E-state index < -0.39 is 5.82 Å². The van der Waals surface area contributed by atoms with Gasteiger partial charge in [0.05, 0.1) is 0 Å². The number of anilines is 1. The molecule has 1 saturated carbocycles. The van der Waals surface area contributed by atoms with Gasteiger partial charge in [-0.2, -0.15) is 4.68 Å². The van der Waals surface area contributed by atoms with Gasteiger partial charge in [-0.05, 0) is 60.4 Å². The zero-order chi connectivity index (χ0) is 17.9. The molecule has 1 aromatic heterocycles. The van der Waals surface area contributed by atoms with Gasteiger partial charge < -0.3 is 11.1 Å². The zero-order valence-corrected chi connectivity index (χ0v) is 15.6. The molecular weight excluding hydrogens is 359 g/mol. The van der Waals surface area contributed by atoms with E-state index in [2.05, 4.69) is 20.8 Å². The van der Waals surface area contributed by atoms with Crippen LogP contribution >= 0.6 is 12.4 Å². The lowest BCUT2D eigenvalue weighted by molar-refractivity contribution is -0.118. The standard InChI is InChI=1S/C17H23FN6O.ClH/c1-12-21-22-23-24(12)15-9-13(5-6-14(15)18)20-16(25)10-17(11-19)7-3-2-4-8-17;/h5-6,9H,2-4,7-8,10-11,19H2,1H3,(H,20,25);1H. The van der Waals surface area contributed by atoms with Crippen LogP contribution in [0.3, 0.4) is 0 Å². The maximum Gasteiger partial charge on any atom is 0.224 e. The number of hydrogen-bond donors (Lipinski definition) is 2. The van der Waals surface area contributed by atoms with Crippen molar-refractivity contribution in [2.75, 3.05) is 11.9 Å². The number of nitrogens with zero attached hydrogens (tertiary/aromatic N) is 4. The maximum absolute atomic E-state index is 14.1. The number of hydrogen-bond acceptors (Lipinski definition) is 5. The Morgan fingerprint density at radius 1 is 1.35 bits per heavy atom. The highest BCUT2D eigenvalue weighted by Gasteiger charge is 2.33. The largest absolute Gasteiger partial charge is 0.330 e. The molecule has 0 bridgehead atoms. The van der Waals surface area contributed by atoms with Crippen LogP contribution in [0.5, 0.6) is 0 Å². The van der Waals surface area contributed by atoms with Gasteiger partial charge in [0.15, 0.2) is 5.82 Å². The van der Waals surface area contributed by atoms with Gasteiger partial charge in [-0.25, -0.2) is 4.39 Å². The first-order chi connectivity index (χ1) is 12.0. The van der Waals surface area contributed by atoms with E-state index in [4.69, 9.17) is 5.73 Å². The third-order valence-electron chi connectivity index (χ3n) is 4.97. The van der Waals surface area contributed by atoms with E-state index in [1.54, 1.807) is 6.92 Å². The second-order valence-corrected chi connectivity index (χ2v) is 6.79. The summed E-state index contributed by atoms with van der Waals surface area (Å²) in [5.74, 6) is -0.0934. The van der Waals surface area contributed by atoms with E-state index in [0.29, 0.717) is 24.5 Å². The molecule has 7 nitrogen and oxygen atoms in total. The molecular formula is C17H24ClFN6O. The number of nitrogens with one attached hydrogen (secondary N) is 1. The summed E-state index contributed by atoms with van der Waals surface area (Å²) >= 11 is 0. The Morgan fingerprint density at radius 3 is 2.69 bits per heavy atom. The summed E-state index contributed by atoms with van der Waals surface area (Å²) in [5.41, 5.74) is 6.55. The molecule has 0 spiro atoms. The van der Waals surface area contributed by atoms with Crippen molar-refractivity contribution in [3.05, 3.63) is 29.8 Å². The van der Waals surface area contributed by atoms with Crippen molar-refractivity contribution in [3.8, 4) is 5.69 Å². The molecule has 0 aliphatic heterocycles. The Hall–Kier alpha value is -2.06. The van der Waals surface area contributed by atoms with Crippen molar-refractivity contribution in [3.63, 3.8) is 0 Å². The summed E-state index contributed by atoms with van der Waals surface area (Å²) < 4.78 is 15.4. The van der Waals surface area contributed by atoms with Crippen LogP contribution in [0.4, 0.5) is 10.1 Å². The van der Waals surface area contributed by atoms with Crippen LogP contribution in [0, 0.1) is 18.2 Å². The Kier molecular flexibility index (Phi) is 6.66. The van der Waals surface area contributed by atoms with E-state index in [9.17, 15) is 9.18 Å². The molecule has 1 aliphatic carbocycles. The molecule has 142 valence electrons. The molecule has 9 heteroatoms. The van der Waals surface area contributed by atoms with Crippen LogP contribution in [0.15, 0.2) is 18.2 Å². The van der Waals surface area contributed by atoms with E-state index >= 15 is 0 Å². The number of tetrazole rings is 1. The van der Waals surface area contributed by atoms with Crippen molar-refractivity contribution in [2.24, 2.45) is 11.1 Å². The molecule has 2 aromatic rings. The zero-order valence-electron chi connectivity index (χ0n) is 14.7. The van der Waals surface area contributed by atoms with Gasteiger partial charge in [0, 0.05) is 12.1 Å². The van der Waals surface area contributed by atoms with Gasteiger partial charge in [0.1, 0.15) is 11.5 Å². The van der Waals surface area contributed by atoms with Gasteiger partial charge in [-0.3, -0.25) is 4.79 Å². The van der Waals surface area contributed by atoms with E-state index in [1.165, 1.54) is 29.3 Å². The van der Waals surface area contributed by atoms with E-state index in [1.807, 2.05) is 0 Å². The minimum Gasteiger partial charge on any atom is -0.330 e. The molecule has 0 unspecified atom stereocenters. The number of halogens is 2. The summed E-state index contributed by atoms with van der Waals surface area (Å²) in [6.07, 6.45) is 5.79. The van der Waals surface area contributed by atoms with Crippen LogP contribution < -0.4 is 11.1 Å². The van der Waals surface area contributed by atoms with Gasteiger partial charge in [-0.15, -0.1) is 17.5 Å². The number of carbonyl (C=O) groups excluding carboxylic acids is 1. The summed E-state index contributed by atoms with van der Waals surface area (Å²) in [6.45, 7) is 2.19. The monoisotopic (exact) mass is 382 g/mol. The predicted molar refractivity (Wildman–Crippen MR) is 98.9 cm³/mol. The first-order valence-electron chi connectivity index (χ1n) is 8.58. The number of benzene rings is 1. The quantitative estimate of drug-likeness (QED) is 0.828. The summed E-state index contributed by atoms with van der Waals surface area (Å²) in [7, 11) is 0. The van der Waals surface area contributed by atoms with Gasteiger partial charge in [0.25, 0.3) is 0 Å². The van der Waals surface area contributed by atoms with Crippen LogP contribution in [-0.4, -0.2) is 32.7 Å². The molecule has 1 heterocycles. The number of rotatable bonds is 5. The lowest BCUT2D eigenvalue weighted by atomic mass is 9.71. The Balaban J connectivity index is 0.00000243. The topological polar surface area (TPSA) is 98.7 Å². The number of amides is 1. The number of nitrogens with two attached hydrogens (primary N) is 1. The van der Waals surface area contributed by atoms with Gasteiger partial charge >= 0.3 is 0 Å². The Bertz CT molecular complexity index is 759. The average molecular weight is 383 g/mol. The smallest absolute Gasteiger partial charge is 0.224 e. The number of carbonyl (C=O) groups is 1. The molecule has 0 atom stereocenters. The van der Waals surface area contributed by atoms with Crippen molar-refractivity contribution in [1.29, 1.82) is 0 Å². The van der Waals surface area contributed by atoms with Crippen LogP contribution in [0.25, 0.3) is 5.69 Å². The minimum atomic E-state index is -0.459. The van der Waals surface area contributed by atoms with E-state index in [-0.39, 0.29) is 29.4 Å². The normalized spacial score (nSPS) is 16.0. The molecule has 1 fully saturated rings. The van der Waals surface area contributed by atoms with Gasteiger partial charge in [-0.1, -0.05) is 19.3 Å². The van der Waals surface area contributed by atoms with Crippen molar-refractivity contribution >= 4 is 24.0 Å². The molecule has 0 radical (unpaired) electrons. The van der Waals surface area contributed by atoms with Gasteiger partial charge in [0.2, 0.25) is 5.91 Å². The summed E-state index contributed by atoms with van der Waals surface area (Å²) in [6, 6.07) is 4.37. The molecule has 26 heavy (non-hydrogen) atoms. The fourth-order valence-corrected chi connectivity index (χ4v) is 3.51. The van der Waals surface area contributed by atoms with Crippen molar-refractivity contribution in [2.45, 2.75) is 45.4 Å². The molecule has 3 N–H and O–H groups in total. The molecule has 1 aliphatic rings. The summed E-state index contributed by atoms with van der Waals surface area (Å²) in [5, 5.41) is 13.9. The highest BCUT2D eigenvalue weighted by atomic mass is 35.5. The second kappa shape index (κ2) is 8.55. The van der Waals surface area contributed by atoms with Crippen molar-refractivity contribution in [1.82, 2.24) is 20.2 Å². The highest BCUT2D eigenvalue weighted by Crippen LogP contribution is 2.38. The molecule has 1 aromatic carbocycles. The minimum absolute atomic E-state index is 0. The number of aromatic nitrogens is 4. The molecule has 0 saturated heterocycles. The first kappa shape index (κ1) is 20.3. The van der Waals surface area contributed by atoms with Crippen LogP contribution in [0.2, 0.25) is 0 Å². The van der Waals surface area contributed by atoms with Crippen LogP contribution in [0.1, 0.15) is 44.3 Å². The van der Waals surface area contributed by atoms with E-state index in [0.717, 1.165) is 25.7 Å². The fraction of sp³-hybridized carbons (Fsp3) is 0.529. The average Bonchev–Trinajstić information content (AvgIpc) is 3.03. The first-order valence-corrected chi connectivity index (χ1v) is 8.58. The highest BCUT2D eigenvalue weighted by molar-refractivity contribution is 5.91. The summed E-state index contributed by atoms with van der Waals surface area (Å²) in [4.78, 5) is 12.5. The third-order valence-corrected chi connectivity index (χ3v) is 4.97. The predicted octanol–water partition coefficient (Wildman–Crippen LogP) is 2.77.